The van der Waals surface area contributed by atoms with Gasteiger partial charge in [0.05, 0.1) is 0 Å². The molecule has 4 heteroatoms. The number of hydrogen-bond acceptors (Lipinski definition) is 2. The Balaban J connectivity index is 2.02. The van der Waals surface area contributed by atoms with E-state index in [1.165, 1.54) is 25.7 Å². The van der Waals surface area contributed by atoms with Gasteiger partial charge in [0.1, 0.15) is 0 Å². The van der Waals surface area contributed by atoms with Gasteiger partial charge in [-0.1, -0.05) is 13.3 Å². The van der Waals surface area contributed by atoms with Crippen LogP contribution in [0.25, 0.3) is 0 Å². The first-order valence-electron chi connectivity index (χ1n) is 6.23. The van der Waals surface area contributed by atoms with Crippen LogP contribution in [-0.4, -0.2) is 31.9 Å². The monoisotopic (exact) mass is 244 g/mol. The van der Waals surface area contributed by atoms with E-state index in [0.717, 1.165) is 31.2 Å². The maximum atomic E-state index is 5.22. The molecule has 0 aromatic rings. The lowest BCUT2D eigenvalue weighted by Crippen LogP contribution is -2.39. The third kappa shape index (κ3) is 5.12. The molecule has 1 aliphatic rings. The summed E-state index contributed by atoms with van der Waals surface area (Å²) in [6.45, 7) is 4.97. The fourth-order valence-corrected chi connectivity index (χ4v) is 2.15. The number of nitrogens with one attached hydrogen (secondary N) is 2. The zero-order chi connectivity index (χ0) is 11.9. The predicted molar refractivity (Wildman–Crippen MR) is 71.7 cm³/mol. The molecule has 0 saturated heterocycles. The summed E-state index contributed by atoms with van der Waals surface area (Å²) in [6.07, 6.45) is 6.32. The van der Waals surface area contributed by atoms with Crippen LogP contribution in [0.3, 0.4) is 0 Å². The van der Waals surface area contributed by atoms with Crippen molar-refractivity contribution in [2.24, 2.45) is 5.41 Å². The van der Waals surface area contributed by atoms with Gasteiger partial charge in [-0.05, 0) is 43.3 Å². The molecule has 2 N–H and O–H groups in total. The zero-order valence-corrected chi connectivity index (χ0v) is 11.3. The molecule has 16 heavy (non-hydrogen) atoms. The van der Waals surface area contributed by atoms with Crippen molar-refractivity contribution < 1.29 is 4.74 Å². The molecule has 94 valence electrons. The summed E-state index contributed by atoms with van der Waals surface area (Å²) in [5, 5.41) is 7.32. The average molecular weight is 244 g/mol. The van der Waals surface area contributed by atoms with Crippen LogP contribution in [0.4, 0.5) is 0 Å². The van der Waals surface area contributed by atoms with E-state index in [4.69, 9.17) is 17.0 Å². The lowest BCUT2D eigenvalue weighted by atomic mass is 10.0. The molecule has 0 unspecified atom stereocenters. The molecule has 3 nitrogen and oxygen atoms in total. The first-order chi connectivity index (χ1) is 7.72. The van der Waals surface area contributed by atoms with Crippen LogP contribution in [0.15, 0.2) is 0 Å². The van der Waals surface area contributed by atoms with Gasteiger partial charge in [0.15, 0.2) is 5.11 Å². The molecule has 0 heterocycles. The van der Waals surface area contributed by atoms with Crippen molar-refractivity contribution in [2.75, 3.05) is 26.8 Å². The Morgan fingerprint density at radius 2 is 2.12 bits per heavy atom. The van der Waals surface area contributed by atoms with Gasteiger partial charge in [-0.2, -0.15) is 0 Å². The largest absolute Gasteiger partial charge is 0.385 e. The smallest absolute Gasteiger partial charge is 0.166 e. The van der Waals surface area contributed by atoms with E-state index < -0.39 is 0 Å². The SMILES string of the molecule is CCCC1(CNC(=S)NCCCOC)CC1. The normalized spacial score (nSPS) is 16.9. The highest BCUT2D eigenvalue weighted by Gasteiger charge is 2.41. The Kier molecular flexibility index (Phi) is 6.06. The molecule has 0 atom stereocenters. The van der Waals surface area contributed by atoms with Crippen LogP contribution in [-0.2, 0) is 4.74 Å². The summed E-state index contributed by atoms with van der Waals surface area (Å²) in [7, 11) is 1.72. The maximum Gasteiger partial charge on any atom is 0.166 e. The molecule has 1 rings (SSSR count). The van der Waals surface area contributed by atoms with Crippen LogP contribution in [0.2, 0.25) is 0 Å². The van der Waals surface area contributed by atoms with E-state index in [9.17, 15) is 0 Å². The van der Waals surface area contributed by atoms with Gasteiger partial charge < -0.3 is 15.4 Å². The summed E-state index contributed by atoms with van der Waals surface area (Å²) < 4.78 is 4.98. The Morgan fingerprint density at radius 1 is 1.38 bits per heavy atom. The van der Waals surface area contributed by atoms with E-state index >= 15 is 0 Å². The third-order valence-corrected chi connectivity index (χ3v) is 3.46. The standard InChI is InChI=1S/C12H24N2OS/c1-3-5-12(6-7-12)10-14-11(16)13-8-4-9-15-2/h3-10H2,1-2H3,(H2,13,14,16). The molecule has 0 radical (unpaired) electrons. The van der Waals surface area contributed by atoms with Crippen molar-refractivity contribution in [1.29, 1.82) is 0 Å². The van der Waals surface area contributed by atoms with E-state index in [2.05, 4.69) is 17.6 Å². The van der Waals surface area contributed by atoms with Crippen LogP contribution in [0.5, 0.6) is 0 Å². The van der Waals surface area contributed by atoms with Crippen molar-refractivity contribution in [1.82, 2.24) is 10.6 Å². The highest BCUT2D eigenvalue weighted by atomic mass is 32.1. The molecule has 0 aliphatic heterocycles. The number of methoxy groups -OCH3 is 1. The minimum absolute atomic E-state index is 0.563. The van der Waals surface area contributed by atoms with E-state index in [1.54, 1.807) is 7.11 Å². The minimum Gasteiger partial charge on any atom is -0.385 e. The summed E-state index contributed by atoms with van der Waals surface area (Å²) in [4.78, 5) is 0. The van der Waals surface area contributed by atoms with Crippen molar-refractivity contribution in [3.05, 3.63) is 0 Å². The Bertz CT molecular complexity index is 217. The van der Waals surface area contributed by atoms with E-state index in [-0.39, 0.29) is 0 Å². The van der Waals surface area contributed by atoms with Crippen LogP contribution < -0.4 is 10.6 Å². The third-order valence-electron chi connectivity index (χ3n) is 3.17. The van der Waals surface area contributed by atoms with E-state index in [0.29, 0.717) is 5.41 Å². The molecular formula is C12H24N2OS. The van der Waals surface area contributed by atoms with Gasteiger partial charge in [0.2, 0.25) is 0 Å². The fraction of sp³-hybridized carbons (Fsp3) is 0.917. The zero-order valence-electron chi connectivity index (χ0n) is 10.5. The lowest BCUT2D eigenvalue weighted by Gasteiger charge is -2.17. The average Bonchev–Trinajstić information content (AvgIpc) is 3.03. The van der Waals surface area contributed by atoms with Crippen LogP contribution in [0, 0.1) is 5.41 Å². The number of rotatable bonds is 8. The molecule has 0 aromatic carbocycles. The first-order valence-corrected chi connectivity index (χ1v) is 6.64. The quantitative estimate of drug-likeness (QED) is 0.506. The van der Waals surface area contributed by atoms with Gasteiger partial charge in [0, 0.05) is 26.8 Å². The lowest BCUT2D eigenvalue weighted by molar-refractivity contribution is 0.195. The second kappa shape index (κ2) is 7.07. The molecule has 0 spiro atoms. The van der Waals surface area contributed by atoms with Gasteiger partial charge in [0.25, 0.3) is 0 Å². The van der Waals surface area contributed by atoms with Crippen molar-refractivity contribution in [2.45, 2.75) is 39.0 Å². The number of thiocarbonyl (C=S) groups is 1. The molecule has 1 saturated carbocycles. The first kappa shape index (κ1) is 13.7. The minimum atomic E-state index is 0.563. The molecule has 1 fully saturated rings. The van der Waals surface area contributed by atoms with Crippen molar-refractivity contribution in [3.63, 3.8) is 0 Å². The van der Waals surface area contributed by atoms with E-state index in [1.807, 2.05) is 0 Å². The number of hydrogen-bond donors (Lipinski definition) is 2. The second-order valence-corrected chi connectivity index (χ2v) is 5.11. The second-order valence-electron chi connectivity index (χ2n) is 4.71. The van der Waals surface area contributed by atoms with Crippen LogP contribution in [0.1, 0.15) is 39.0 Å². The fourth-order valence-electron chi connectivity index (χ4n) is 1.97. The Hall–Kier alpha value is -0.350. The van der Waals surface area contributed by atoms with Crippen molar-refractivity contribution in [3.8, 4) is 0 Å². The maximum absolute atomic E-state index is 5.22. The van der Waals surface area contributed by atoms with Gasteiger partial charge >= 0.3 is 0 Å². The van der Waals surface area contributed by atoms with Crippen molar-refractivity contribution >= 4 is 17.3 Å². The molecule has 0 aromatic heterocycles. The highest BCUT2D eigenvalue weighted by molar-refractivity contribution is 7.80. The summed E-state index contributed by atoms with van der Waals surface area (Å²) in [6, 6.07) is 0. The topological polar surface area (TPSA) is 33.3 Å². The Morgan fingerprint density at radius 3 is 2.69 bits per heavy atom. The van der Waals surface area contributed by atoms with Gasteiger partial charge in [-0.3, -0.25) is 0 Å². The molecular weight excluding hydrogens is 220 g/mol. The molecule has 1 aliphatic carbocycles. The van der Waals surface area contributed by atoms with Gasteiger partial charge in [-0.15, -0.1) is 0 Å². The Labute approximate surface area is 104 Å². The molecule has 0 amide bonds. The van der Waals surface area contributed by atoms with Crippen LogP contribution >= 0.6 is 12.2 Å². The number of ether oxygens (including phenoxy) is 1. The van der Waals surface area contributed by atoms with Gasteiger partial charge in [-0.25, -0.2) is 0 Å². The highest BCUT2D eigenvalue weighted by Crippen LogP contribution is 2.48. The summed E-state index contributed by atoms with van der Waals surface area (Å²) in [5.41, 5.74) is 0.563. The predicted octanol–water partition coefficient (Wildman–Crippen LogP) is 2.07. The summed E-state index contributed by atoms with van der Waals surface area (Å²) in [5.74, 6) is 0. The molecule has 0 bridgehead atoms. The summed E-state index contributed by atoms with van der Waals surface area (Å²) >= 11 is 5.22.